The topological polar surface area (TPSA) is 49.3 Å². The average Bonchev–Trinajstić information content (AvgIpc) is 3.27. The number of carbonyl (C=O) groups is 1. The van der Waals surface area contributed by atoms with Crippen molar-refractivity contribution in [2.24, 2.45) is 17.8 Å². The monoisotopic (exact) mass is 391 g/mol. The van der Waals surface area contributed by atoms with Crippen molar-refractivity contribution in [1.29, 1.82) is 0 Å². The Balaban J connectivity index is 1.42. The van der Waals surface area contributed by atoms with Gasteiger partial charge in [-0.15, -0.1) is 0 Å². The van der Waals surface area contributed by atoms with Crippen molar-refractivity contribution >= 4 is 5.97 Å². The molecule has 2 aromatic carbocycles. The summed E-state index contributed by atoms with van der Waals surface area (Å²) in [6.07, 6.45) is 4.00. The molecule has 2 aromatic rings. The average molecular weight is 391 g/mol. The largest absolute Gasteiger partial charge is 0.481 e. The van der Waals surface area contributed by atoms with Crippen LogP contribution in [0.5, 0.6) is 0 Å². The molecule has 0 bridgehead atoms. The number of rotatable bonds is 4. The van der Waals surface area contributed by atoms with Crippen molar-refractivity contribution in [1.82, 2.24) is 5.32 Å². The van der Waals surface area contributed by atoms with Crippen LogP contribution in [0.1, 0.15) is 54.5 Å². The summed E-state index contributed by atoms with van der Waals surface area (Å²) in [6, 6.07) is 12.9. The van der Waals surface area contributed by atoms with Crippen LogP contribution in [0.2, 0.25) is 0 Å². The molecule has 0 spiro atoms. The summed E-state index contributed by atoms with van der Waals surface area (Å²) in [5.74, 6) is 5.46. The zero-order valence-electron chi connectivity index (χ0n) is 16.6. The van der Waals surface area contributed by atoms with E-state index in [0.29, 0.717) is 5.56 Å². The van der Waals surface area contributed by atoms with Crippen LogP contribution in [0.15, 0.2) is 42.5 Å². The van der Waals surface area contributed by atoms with Crippen molar-refractivity contribution in [3.8, 4) is 11.8 Å². The number of hydrogen-bond acceptors (Lipinski definition) is 2. The number of fused-ring (bicyclic) bond motifs is 1. The van der Waals surface area contributed by atoms with E-state index in [2.05, 4.69) is 36.2 Å². The number of nitrogens with one attached hydrogen (secondary N) is 1. The number of halogens is 1. The fraction of sp³-hybridized carbons (Fsp3) is 0.400. The second kappa shape index (κ2) is 8.39. The molecule has 3 nitrogen and oxygen atoms in total. The number of benzene rings is 2. The normalized spacial score (nSPS) is 25.3. The molecule has 0 amide bonds. The minimum Gasteiger partial charge on any atom is -0.481 e. The van der Waals surface area contributed by atoms with Gasteiger partial charge < -0.3 is 10.4 Å². The van der Waals surface area contributed by atoms with Gasteiger partial charge in [0, 0.05) is 17.2 Å². The highest BCUT2D eigenvalue weighted by Gasteiger charge is 2.38. The molecule has 0 heterocycles. The molecule has 0 aromatic heterocycles. The van der Waals surface area contributed by atoms with Crippen LogP contribution >= 0.6 is 0 Å². The SMILES string of the molecule is CC1CCC(CNC2CCc3cc(C#Cc4cccc(F)c4)ccc32)C1C(=O)O. The zero-order chi connectivity index (χ0) is 20.4. The summed E-state index contributed by atoms with van der Waals surface area (Å²) in [7, 11) is 0. The first kappa shape index (κ1) is 19.7. The van der Waals surface area contributed by atoms with Crippen LogP contribution in [-0.4, -0.2) is 17.6 Å². The minimum absolute atomic E-state index is 0.211. The molecule has 2 aliphatic rings. The Hall–Kier alpha value is -2.64. The van der Waals surface area contributed by atoms with Crippen molar-refractivity contribution in [2.75, 3.05) is 6.54 Å². The third kappa shape index (κ3) is 4.36. The number of hydrogen-bond donors (Lipinski definition) is 2. The quantitative estimate of drug-likeness (QED) is 0.752. The summed E-state index contributed by atoms with van der Waals surface area (Å²) < 4.78 is 13.3. The Morgan fingerprint density at radius 3 is 2.69 bits per heavy atom. The molecule has 0 radical (unpaired) electrons. The fourth-order valence-corrected chi connectivity index (χ4v) is 4.89. The molecule has 0 aliphatic heterocycles. The van der Waals surface area contributed by atoms with Gasteiger partial charge in [-0.2, -0.15) is 0 Å². The predicted octanol–water partition coefficient (Wildman–Crippen LogP) is 4.55. The molecule has 29 heavy (non-hydrogen) atoms. The number of aryl methyl sites for hydroxylation is 1. The number of aliphatic carboxylic acids is 1. The van der Waals surface area contributed by atoms with Crippen molar-refractivity contribution in [2.45, 2.75) is 38.6 Å². The zero-order valence-corrected chi connectivity index (χ0v) is 16.6. The second-order valence-electron chi connectivity index (χ2n) is 8.35. The molecular formula is C25H26FNO2. The Bertz CT molecular complexity index is 974. The van der Waals surface area contributed by atoms with Crippen LogP contribution < -0.4 is 5.32 Å². The molecule has 2 N–H and O–H groups in total. The van der Waals surface area contributed by atoms with Crippen molar-refractivity contribution < 1.29 is 14.3 Å². The second-order valence-corrected chi connectivity index (χ2v) is 8.35. The summed E-state index contributed by atoms with van der Waals surface area (Å²) in [6.45, 7) is 2.81. The first-order chi connectivity index (χ1) is 14.0. The molecule has 150 valence electrons. The van der Waals surface area contributed by atoms with Gasteiger partial charge >= 0.3 is 5.97 Å². The maximum atomic E-state index is 13.3. The van der Waals surface area contributed by atoms with E-state index < -0.39 is 5.97 Å². The van der Waals surface area contributed by atoms with Crippen LogP contribution in [0, 0.1) is 35.4 Å². The Morgan fingerprint density at radius 2 is 1.93 bits per heavy atom. The van der Waals surface area contributed by atoms with Crippen molar-refractivity contribution in [3.63, 3.8) is 0 Å². The van der Waals surface area contributed by atoms with Crippen LogP contribution in [0.3, 0.4) is 0 Å². The summed E-state index contributed by atoms with van der Waals surface area (Å²) in [5.41, 5.74) is 4.19. The number of carboxylic acids is 1. The van der Waals surface area contributed by atoms with E-state index >= 15 is 0 Å². The first-order valence-electron chi connectivity index (χ1n) is 10.4. The maximum Gasteiger partial charge on any atom is 0.307 e. The number of carboxylic acid groups (broad SMARTS) is 1. The maximum absolute atomic E-state index is 13.3. The van der Waals surface area contributed by atoms with Gasteiger partial charge in [0.05, 0.1) is 5.92 Å². The van der Waals surface area contributed by atoms with E-state index in [1.54, 1.807) is 12.1 Å². The van der Waals surface area contributed by atoms with Gasteiger partial charge in [-0.1, -0.05) is 30.9 Å². The highest BCUT2D eigenvalue weighted by Crippen LogP contribution is 2.38. The third-order valence-electron chi connectivity index (χ3n) is 6.42. The molecule has 4 atom stereocenters. The molecule has 0 saturated heterocycles. The lowest BCUT2D eigenvalue weighted by molar-refractivity contribution is -0.144. The lowest BCUT2D eigenvalue weighted by Gasteiger charge is -2.22. The Labute approximate surface area is 171 Å². The highest BCUT2D eigenvalue weighted by atomic mass is 19.1. The van der Waals surface area contributed by atoms with Crippen LogP contribution in [-0.2, 0) is 11.2 Å². The van der Waals surface area contributed by atoms with Gasteiger partial charge in [0.25, 0.3) is 0 Å². The van der Waals surface area contributed by atoms with E-state index in [0.717, 1.165) is 37.8 Å². The van der Waals surface area contributed by atoms with Gasteiger partial charge in [0.2, 0.25) is 0 Å². The first-order valence-corrected chi connectivity index (χ1v) is 10.4. The summed E-state index contributed by atoms with van der Waals surface area (Å²) in [5, 5.41) is 13.1. The van der Waals surface area contributed by atoms with Crippen molar-refractivity contribution in [3.05, 3.63) is 70.5 Å². The summed E-state index contributed by atoms with van der Waals surface area (Å²) in [4.78, 5) is 11.6. The molecule has 4 rings (SSSR count). The smallest absolute Gasteiger partial charge is 0.307 e. The van der Waals surface area contributed by atoms with Crippen LogP contribution in [0.4, 0.5) is 4.39 Å². The van der Waals surface area contributed by atoms with Gasteiger partial charge in [0.1, 0.15) is 5.82 Å². The van der Waals surface area contributed by atoms with E-state index in [4.69, 9.17) is 0 Å². The molecule has 1 fully saturated rings. The molecule has 4 heteroatoms. The van der Waals surface area contributed by atoms with E-state index in [1.807, 2.05) is 6.07 Å². The lowest BCUT2D eigenvalue weighted by Crippen LogP contribution is -2.32. The third-order valence-corrected chi connectivity index (χ3v) is 6.42. The summed E-state index contributed by atoms with van der Waals surface area (Å²) >= 11 is 0. The minimum atomic E-state index is -0.657. The highest BCUT2D eigenvalue weighted by molar-refractivity contribution is 5.71. The van der Waals surface area contributed by atoms with Gasteiger partial charge in [0.15, 0.2) is 0 Å². The fourth-order valence-electron chi connectivity index (χ4n) is 4.89. The molecular weight excluding hydrogens is 365 g/mol. The van der Waals surface area contributed by atoms with Crippen LogP contribution in [0.25, 0.3) is 0 Å². The standard InChI is InChI=1S/C25H26FNO2/c1-16-5-9-20(24(16)25(28)29)15-27-23-12-10-19-13-18(8-11-22(19)23)7-6-17-3-2-4-21(26)14-17/h2-4,8,11,13-14,16,20,23-24,27H,5,9-10,12,15H2,1H3,(H,28,29). The Kier molecular flexibility index (Phi) is 5.69. The van der Waals surface area contributed by atoms with E-state index in [9.17, 15) is 14.3 Å². The van der Waals surface area contributed by atoms with E-state index in [1.165, 1.54) is 23.3 Å². The Morgan fingerprint density at radius 1 is 1.14 bits per heavy atom. The van der Waals surface area contributed by atoms with Gasteiger partial charge in [-0.05, 0) is 85.5 Å². The predicted molar refractivity (Wildman–Crippen MR) is 111 cm³/mol. The molecule has 4 unspecified atom stereocenters. The molecule has 1 saturated carbocycles. The van der Waals surface area contributed by atoms with Gasteiger partial charge in [-0.3, -0.25) is 4.79 Å². The molecule has 2 aliphatic carbocycles. The van der Waals surface area contributed by atoms with Gasteiger partial charge in [-0.25, -0.2) is 4.39 Å². The lowest BCUT2D eigenvalue weighted by atomic mass is 9.90. The van der Waals surface area contributed by atoms with E-state index in [-0.39, 0.29) is 29.6 Å².